The van der Waals surface area contributed by atoms with Crippen molar-refractivity contribution in [2.45, 2.75) is 25.0 Å². The summed E-state index contributed by atoms with van der Waals surface area (Å²) in [6.45, 7) is 0. The molecule has 1 fully saturated rings. The zero-order valence-electron chi connectivity index (χ0n) is 20.4. The van der Waals surface area contributed by atoms with Crippen molar-refractivity contribution in [1.29, 1.82) is 0 Å². The number of carbonyl (C=O) groups is 1. The van der Waals surface area contributed by atoms with Gasteiger partial charge in [0.1, 0.15) is 17.4 Å². The Morgan fingerprint density at radius 3 is 1.92 bits per heavy atom. The van der Waals surface area contributed by atoms with E-state index in [1.54, 1.807) is 36.3 Å². The van der Waals surface area contributed by atoms with E-state index in [-0.39, 0.29) is 29.5 Å². The molecule has 0 bridgehead atoms. The summed E-state index contributed by atoms with van der Waals surface area (Å²) < 4.78 is 32.0. The molecular weight excluding hydrogens is 472 g/mol. The molecule has 4 nitrogen and oxygen atoms in total. The van der Waals surface area contributed by atoms with E-state index in [9.17, 15) is 18.7 Å². The number of nitrogens with zero attached hydrogens (tertiary/aromatic N) is 1. The topological polar surface area (TPSA) is 49.8 Å². The number of amides is 1. The number of methoxy groups -OCH3 is 1. The van der Waals surface area contributed by atoms with E-state index < -0.39 is 6.10 Å². The van der Waals surface area contributed by atoms with Crippen molar-refractivity contribution in [1.82, 2.24) is 0 Å². The van der Waals surface area contributed by atoms with Gasteiger partial charge in [-0.3, -0.25) is 4.79 Å². The lowest BCUT2D eigenvalue weighted by Crippen LogP contribution is -2.55. The third-order valence-electron chi connectivity index (χ3n) is 7.00. The van der Waals surface area contributed by atoms with Crippen LogP contribution in [-0.4, -0.2) is 18.1 Å². The van der Waals surface area contributed by atoms with Gasteiger partial charge in [0.2, 0.25) is 5.91 Å². The fraction of sp³-hybridized carbons (Fsp3) is 0.194. The maximum atomic E-state index is 13.6. The number of halogens is 2. The van der Waals surface area contributed by atoms with Gasteiger partial charge in [-0.15, -0.1) is 0 Å². The fourth-order valence-electron chi connectivity index (χ4n) is 4.95. The van der Waals surface area contributed by atoms with Crippen molar-refractivity contribution in [3.05, 3.63) is 120 Å². The minimum absolute atomic E-state index is 0.0675. The molecule has 2 unspecified atom stereocenters. The van der Waals surface area contributed by atoms with E-state index >= 15 is 0 Å². The zero-order valence-corrected chi connectivity index (χ0v) is 20.4. The predicted octanol–water partition coefficient (Wildman–Crippen LogP) is 6.86. The summed E-state index contributed by atoms with van der Waals surface area (Å²) in [4.78, 5) is 15.0. The molecule has 0 aliphatic carbocycles. The number of rotatable bonds is 8. The highest BCUT2D eigenvalue weighted by Gasteiger charge is 2.48. The van der Waals surface area contributed by atoms with E-state index in [0.29, 0.717) is 24.1 Å². The van der Waals surface area contributed by atoms with Gasteiger partial charge in [0.05, 0.1) is 25.2 Å². The number of aliphatic hydroxyl groups is 1. The molecule has 37 heavy (non-hydrogen) atoms. The van der Waals surface area contributed by atoms with Crippen LogP contribution in [0.1, 0.15) is 36.1 Å². The molecule has 1 heterocycles. The summed E-state index contributed by atoms with van der Waals surface area (Å²) in [5.74, 6) is -0.350. The summed E-state index contributed by atoms with van der Waals surface area (Å²) in [7, 11) is 1.63. The van der Waals surface area contributed by atoms with Gasteiger partial charge in [-0.1, -0.05) is 48.5 Å². The molecule has 5 rings (SSSR count). The van der Waals surface area contributed by atoms with Crippen molar-refractivity contribution in [3.63, 3.8) is 0 Å². The predicted molar refractivity (Wildman–Crippen MR) is 139 cm³/mol. The van der Waals surface area contributed by atoms with Gasteiger partial charge in [-0.2, -0.15) is 0 Å². The molecule has 1 amide bonds. The van der Waals surface area contributed by atoms with Gasteiger partial charge in [-0.25, -0.2) is 8.78 Å². The van der Waals surface area contributed by atoms with Crippen LogP contribution in [0.5, 0.6) is 5.75 Å². The van der Waals surface area contributed by atoms with Gasteiger partial charge in [0.15, 0.2) is 0 Å². The second-order valence-electron chi connectivity index (χ2n) is 9.23. The third kappa shape index (κ3) is 5.11. The van der Waals surface area contributed by atoms with Gasteiger partial charge >= 0.3 is 0 Å². The standard InChI is InChI=1S/C31H27F2NO3/c1-37-27-16-8-21(9-17-27)20-2-4-23(5-3-20)30-28(18-19-29(35)22-6-10-24(32)11-7-22)31(36)34(30)26-14-12-25(33)13-15-26/h2-17,28-30,35H,18-19H2,1H3/t28?,29-,30?/m0/s1. The Balaban J connectivity index is 1.38. The van der Waals surface area contributed by atoms with Crippen LogP contribution in [-0.2, 0) is 4.79 Å². The molecule has 1 saturated heterocycles. The van der Waals surface area contributed by atoms with Crippen molar-refractivity contribution < 1.29 is 23.4 Å². The summed E-state index contributed by atoms with van der Waals surface area (Å²) in [5.41, 5.74) is 4.29. The lowest BCUT2D eigenvalue weighted by molar-refractivity contribution is -0.131. The van der Waals surface area contributed by atoms with Gasteiger partial charge < -0.3 is 14.7 Å². The van der Waals surface area contributed by atoms with Gasteiger partial charge in [0, 0.05) is 5.69 Å². The minimum atomic E-state index is -0.800. The SMILES string of the molecule is COc1ccc(-c2ccc(C3C(CC[C@H](O)c4ccc(F)cc4)C(=O)N3c3ccc(F)cc3)cc2)cc1. The first-order valence-electron chi connectivity index (χ1n) is 12.2. The smallest absolute Gasteiger partial charge is 0.233 e. The Morgan fingerprint density at radius 1 is 0.811 bits per heavy atom. The Morgan fingerprint density at radius 2 is 1.35 bits per heavy atom. The molecular formula is C31H27F2NO3. The molecule has 0 saturated carbocycles. The van der Waals surface area contributed by atoms with Crippen molar-refractivity contribution in [3.8, 4) is 16.9 Å². The minimum Gasteiger partial charge on any atom is -0.497 e. The van der Waals surface area contributed by atoms with Crippen molar-refractivity contribution >= 4 is 11.6 Å². The summed E-state index contributed by atoms with van der Waals surface area (Å²) in [5, 5.41) is 10.6. The second kappa shape index (κ2) is 10.5. The lowest BCUT2D eigenvalue weighted by atomic mass is 9.78. The van der Waals surface area contributed by atoms with Crippen LogP contribution < -0.4 is 9.64 Å². The molecule has 6 heteroatoms. The number of carbonyl (C=O) groups excluding carboxylic acids is 1. The van der Waals surface area contributed by atoms with E-state index in [4.69, 9.17) is 4.74 Å². The van der Waals surface area contributed by atoms with Gasteiger partial charge in [-0.05, 0) is 83.6 Å². The Labute approximate surface area is 214 Å². The molecule has 188 valence electrons. The summed E-state index contributed by atoms with van der Waals surface area (Å²) >= 11 is 0. The largest absolute Gasteiger partial charge is 0.497 e. The number of hydrogen-bond donors (Lipinski definition) is 1. The Kier molecular flexibility index (Phi) is 7.01. The molecule has 0 radical (unpaired) electrons. The van der Waals surface area contributed by atoms with Crippen LogP contribution in [0.2, 0.25) is 0 Å². The van der Waals surface area contributed by atoms with Crippen molar-refractivity contribution in [2.24, 2.45) is 5.92 Å². The molecule has 1 aliphatic rings. The second-order valence-corrected chi connectivity index (χ2v) is 9.23. The van der Waals surface area contributed by atoms with Crippen LogP contribution in [0.3, 0.4) is 0 Å². The van der Waals surface area contributed by atoms with E-state index in [1.807, 2.05) is 48.5 Å². The van der Waals surface area contributed by atoms with Crippen LogP contribution in [0.15, 0.2) is 97.1 Å². The highest BCUT2D eigenvalue weighted by molar-refractivity contribution is 6.03. The first-order valence-corrected chi connectivity index (χ1v) is 12.2. The number of hydrogen-bond acceptors (Lipinski definition) is 3. The van der Waals surface area contributed by atoms with Gasteiger partial charge in [0.25, 0.3) is 0 Å². The molecule has 1 aliphatic heterocycles. The average Bonchev–Trinajstić information content (AvgIpc) is 2.93. The van der Waals surface area contributed by atoms with E-state index in [0.717, 1.165) is 22.4 Å². The first kappa shape index (κ1) is 24.7. The summed E-state index contributed by atoms with van der Waals surface area (Å²) in [6.07, 6.45) is 0.0195. The fourth-order valence-corrected chi connectivity index (χ4v) is 4.95. The van der Waals surface area contributed by atoms with E-state index in [1.165, 1.54) is 24.3 Å². The van der Waals surface area contributed by atoms with Crippen LogP contribution in [0, 0.1) is 17.6 Å². The number of β-lactam (4-membered cyclic amide) rings is 1. The normalized spacial score (nSPS) is 17.8. The molecule has 4 aromatic carbocycles. The Bertz CT molecular complexity index is 1350. The number of ether oxygens (including phenoxy) is 1. The quantitative estimate of drug-likeness (QED) is 0.270. The highest BCUT2D eigenvalue weighted by Crippen LogP contribution is 2.46. The van der Waals surface area contributed by atoms with Crippen LogP contribution in [0.25, 0.3) is 11.1 Å². The molecule has 1 N–H and O–H groups in total. The molecule has 0 aromatic heterocycles. The maximum absolute atomic E-state index is 13.6. The maximum Gasteiger partial charge on any atom is 0.233 e. The first-order chi connectivity index (χ1) is 17.9. The zero-order chi connectivity index (χ0) is 25.9. The molecule has 4 aromatic rings. The highest BCUT2D eigenvalue weighted by atomic mass is 19.1. The third-order valence-corrected chi connectivity index (χ3v) is 7.00. The van der Waals surface area contributed by atoms with Crippen LogP contribution >= 0.6 is 0 Å². The monoisotopic (exact) mass is 499 g/mol. The summed E-state index contributed by atoms with van der Waals surface area (Å²) in [6, 6.07) is 27.3. The number of anilines is 1. The number of benzene rings is 4. The average molecular weight is 500 g/mol. The molecule has 3 atom stereocenters. The van der Waals surface area contributed by atoms with E-state index in [2.05, 4.69) is 0 Å². The van der Waals surface area contributed by atoms with Crippen LogP contribution in [0.4, 0.5) is 14.5 Å². The van der Waals surface area contributed by atoms with Crippen molar-refractivity contribution in [2.75, 3.05) is 12.0 Å². The number of aliphatic hydroxyl groups excluding tert-OH is 1. The Hall–Kier alpha value is -4.03. The molecule has 0 spiro atoms. The lowest BCUT2D eigenvalue weighted by Gasteiger charge is -2.48.